The maximum Gasteiger partial charge on any atom is 0.269 e. The fourth-order valence-corrected chi connectivity index (χ4v) is 4.48. The summed E-state index contributed by atoms with van der Waals surface area (Å²) in [5, 5.41) is 3.41. The van der Waals surface area contributed by atoms with Gasteiger partial charge in [0.05, 0.1) is 31.0 Å². The van der Waals surface area contributed by atoms with E-state index in [1.165, 1.54) is 11.8 Å². The summed E-state index contributed by atoms with van der Waals surface area (Å²) in [6.07, 6.45) is 11.7. The molecule has 1 aliphatic heterocycles. The molecule has 3 heterocycles. The van der Waals surface area contributed by atoms with Gasteiger partial charge in [-0.05, 0) is 61.4 Å². The van der Waals surface area contributed by atoms with Crippen molar-refractivity contribution in [2.45, 2.75) is 59.1 Å². The summed E-state index contributed by atoms with van der Waals surface area (Å²) in [6, 6.07) is 6.24. The normalized spacial score (nSPS) is 20.0. The Bertz CT molecular complexity index is 1180. The molecule has 34 heavy (non-hydrogen) atoms. The number of rotatable bonds is 5. The van der Waals surface area contributed by atoms with Crippen LogP contribution >= 0.6 is 0 Å². The SMILES string of the molecule is C.C.Cn1c(=O)cnc2cc(C3=CCOCC3)cc(OC3CCC(Nc4ncccn4)CC3)c21. The number of ether oxygens (including phenoxy) is 2. The second-order valence-corrected chi connectivity index (χ2v) is 8.36. The Labute approximate surface area is 201 Å². The average molecular weight is 466 g/mol. The van der Waals surface area contributed by atoms with E-state index in [2.05, 4.69) is 32.4 Å². The fraction of sp³-hybridized carbons (Fsp3) is 0.462. The third kappa shape index (κ3) is 5.44. The van der Waals surface area contributed by atoms with E-state index < -0.39 is 0 Å². The molecule has 8 heteroatoms. The minimum atomic E-state index is -0.142. The second kappa shape index (κ2) is 11.2. The van der Waals surface area contributed by atoms with Crippen molar-refractivity contribution in [3.05, 3.63) is 58.8 Å². The van der Waals surface area contributed by atoms with Crippen molar-refractivity contribution in [1.82, 2.24) is 19.5 Å². The highest BCUT2D eigenvalue weighted by Crippen LogP contribution is 2.33. The number of fused-ring (bicyclic) bond motifs is 1. The molecule has 1 N–H and O–H groups in total. The summed E-state index contributed by atoms with van der Waals surface area (Å²) in [5.74, 6) is 1.39. The first kappa shape index (κ1) is 25.4. The third-order valence-electron chi connectivity index (χ3n) is 6.24. The summed E-state index contributed by atoms with van der Waals surface area (Å²) in [5.41, 5.74) is 3.68. The summed E-state index contributed by atoms with van der Waals surface area (Å²) in [4.78, 5) is 25.2. The van der Waals surface area contributed by atoms with E-state index in [-0.39, 0.29) is 26.5 Å². The molecule has 0 saturated heterocycles. The molecule has 5 rings (SSSR count). The molecule has 1 fully saturated rings. The molecule has 0 radical (unpaired) electrons. The fourth-order valence-electron chi connectivity index (χ4n) is 4.48. The molecule has 2 aliphatic rings. The van der Waals surface area contributed by atoms with Gasteiger partial charge >= 0.3 is 0 Å². The van der Waals surface area contributed by atoms with Crippen molar-refractivity contribution in [3.8, 4) is 5.75 Å². The highest BCUT2D eigenvalue weighted by atomic mass is 16.5. The van der Waals surface area contributed by atoms with E-state index >= 15 is 0 Å². The van der Waals surface area contributed by atoms with Crippen LogP contribution in [0.15, 0.2) is 47.7 Å². The van der Waals surface area contributed by atoms with E-state index in [4.69, 9.17) is 9.47 Å². The zero-order chi connectivity index (χ0) is 21.9. The summed E-state index contributed by atoms with van der Waals surface area (Å²) in [6.45, 7) is 1.33. The third-order valence-corrected chi connectivity index (χ3v) is 6.24. The predicted octanol–water partition coefficient (Wildman–Crippen LogP) is 4.60. The Morgan fingerprint density at radius 2 is 1.85 bits per heavy atom. The van der Waals surface area contributed by atoms with Crippen molar-refractivity contribution < 1.29 is 9.47 Å². The highest BCUT2D eigenvalue weighted by Gasteiger charge is 2.24. The minimum absolute atomic E-state index is 0. The molecule has 0 spiro atoms. The number of aryl methyl sites for hydroxylation is 1. The van der Waals surface area contributed by atoms with Gasteiger partial charge < -0.3 is 19.4 Å². The zero-order valence-corrected chi connectivity index (χ0v) is 18.2. The van der Waals surface area contributed by atoms with Crippen LogP contribution in [-0.4, -0.2) is 44.9 Å². The maximum atomic E-state index is 12.3. The monoisotopic (exact) mass is 465 g/mol. The maximum absolute atomic E-state index is 12.3. The van der Waals surface area contributed by atoms with Gasteiger partial charge in [0, 0.05) is 25.5 Å². The Morgan fingerprint density at radius 3 is 2.56 bits per heavy atom. The average Bonchev–Trinajstić information content (AvgIpc) is 2.84. The van der Waals surface area contributed by atoms with Crippen LogP contribution in [0.4, 0.5) is 5.95 Å². The van der Waals surface area contributed by atoms with Crippen LogP contribution in [0.3, 0.4) is 0 Å². The lowest BCUT2D eigenvalue weighted by Gasteiger charge is -2.30. The molecule has 0 atom stereocenters. The molecule has 0 bridgehead atoms. The lowest BCUT2D eigenvalue weighted by atomic mass is 9.93. The number of hydrogen-bond acceptors (Lipinski definition) is 7. The first-order valence-electron chi connectivity index (χ1n) is 11.1. The second-order valence-electron chi connectivity index (χ2n) is 8.36. The van der Waals surface area contributed by atoms with Gasteiger partial charge in [0.15, 0.2) is 0 Å². The van der Waals surface area contributed by atoms with Gasteiger partial charge in [0.25, 0.3) is 5.56 Å². The topological polar surface area (TPSA) is 91.2 Å². The van der Waals surface area contributed by atoms with Crippen LogP contribution in [-0.2, 0) is 11.8 Å². The van der Waals surface area contributed by atoms with Gasteiger partial charge in [-0.1, -0.05) is 20.9 Å². The molecule has 8 nitrogen and oxygen atoms in total. The van der Waals surface area contributed by atoms with Crippen molar-refractivity contribution in [2.75, 3.05) is 18.5 Å². The minimum Gasteiger partial charge on any atom is -0.488 e. The first-order valence-corrected chi connectivity index (χ1v) is 11.1. The lowest BCUT2D eigenvalue weighted by molar-refractivity contribution is 0.151. The smallest absolute Gasteiger partial charge is 0.269 e. The van der Waals surface area contributed by atoms with Gasteiger partial charge in [0.2, 0.25) is 5.95 Å². The van der Waals surface area contributed by atoms with E-state index in [0.29, 0.717) is 25.2 Å². The van der Waals surface area contributed by atoms with Gasteiger partial charge in [-0.3, -0.25) is 4.79 Å². The number of anilines is 1. The standard InChI is InChI=1S/C24H27N5O3.2CH4/c1-29-22(30)15-27-20-13-17(16-7-11-31-12-8-16)14-21(23(20)29)32-19-5-3-18(4-6-19)28-24-25-9-2-10-26-24;;/h2,7,9-10,13-15,18-19H,3-6,8,11-12H2,1H3,(H,25,26,28);2*1H4. The van der Waals surface area contributed by atoms with Crippen molar-refractivity contribution >= 4 is 22.6 Å². The molecule has 2 aromatic heterocycles. The molecule has 0 unspecified atom stereocenters. The van der Waals surface area contributed by atoms with Crippen molar-refractivity contribution in [1.29, 1.82) is 0 Å². The summed E-state index contributed by atoms with van der Waals surface area (Å²) in [7, 11) is 1.77. The van der Waals surface area contributed by atoms with Gasteiger partial charge in [0.1, 0.15) is 11.3 Å². The Kier molecular flexibility index (Phi) is 8.39. The summed E-state index contributed by atoms with van der Waals surface area (Å²) >= 11 is 0. The number of benzene rings is 1. The molecular formula is C26H35N5O3. The molecule has 0 amide bonds. The van der Waals surface area contributed by atoms with Crippen LogP contribution in [0.1, 0.15) is 52.5 Å². The number of hydrogen-bond donors (Lipinski definition) is 1. The van der Waals surface area contributed by atoms with E-state index in [1.807, 2.05) is 12.1 Å². The van der Waals surface area contributed by atoms with E-state index in [9.17, 15) is 4.79 Å². The first-order chi connectivity index (χ1) is 15.7. The molecule has 182 valence electrons. The zero-order valence-electron chi connectivity index (χ0n) is 18.2. The predicted molar refractivity (Wildman–Crippen MR) is 136 cm³/mol. The highest BCUT2D eigenvalue weighted by molar-refractivity contribution is 5.86. The van der Waals surface area contributed by atoms with Gasteiger partial charge in [-0.2, -0.15) is 0 Å². The summed E-state index contributed by atoms with van der Waals surface area (Å²) < 4.78 is 13.6. The number of nitrogens with zero attached hydrogens (tertiary/aromatic N) is 4. The molecular weight excluding hydrogens is 430 g/mol. The molecule has 1 saturated carbocycles. The van der Waals surface area contributed by atoms with Crippen LogP contribution in [0.25, 0.3) is 16.6 Å². The Balaban J connectivity index is 0.00000162. The largest absolute Gasteiger partial charge is 0.488 e. The van der Waals surface area contributed by atoms with E-state index in [0.717, 1.165) is 54.5 Å². The Morgan fingerprint density at radius 1 is 1.09 bits per heavy atom. The number of nitrogens with one attached hydrogen (secondary N) is 1. The molecule has 3 aromatic rings. The van der Waals surface area contributed by atoms with Crippen molar-refractivity contribution in [3.63, 3.8) is 0 Å². The lowest BCUT2D eigenvalue weighted by Crippen LogP contribution is -2.32. The van der Waals surface area contributed by atoms with E-state index in [1.54, 1.807) is 24.0 Å². The van der Waals surface area contributed by atoms with Gasteiger partial charge in [-0.25, -0.2) is 15.0 Å². The Hall–Kier alpha value is -3.26. The van der Waals surface area contributed by atoms with Crippen LogP contribution in [0, 0.1) is 0 Å². The van der Waals surface area contributed by atoms with Crippen LogP contribution < -0.4 is 15.6 Å². The molecule has 1 aliphatic carbocycles. The quantitative estimate of drug-likeness (QED) is 0.589. The molecule has 1 aromatic carbocycles. The van der Waals surface area contributed by atoms with Crippen LogP contribution in [0.5, 0.6) is 5.75 Å². The number of aromatic nitrogens is 4. The van der Waals surface area contributed by atoms with Gasteiger partial charge in [-0.15, -0.1) is 0 Å². The van der Waals surface area contributed by atoms with Crippen molar-refractivity contribution in [2.24, 2.45) is 7.05 Å². The van der Waals surface area contributed by atoms with Crippen LogP contribution in [0.2, 0.25) is 0 Å².